The van der Waals surface area contributed by atoms with Crippen LogP contribution in [0.5, 0.6) is 5.75 Å². The number of benzene rings is 1. The average Bonchev–Trinajstić information content (AvgIpc) is 2.58. The van der Waals surface area contributed by atoms with Crippen LogP contribution in [0.2, 0.25) is 0 Å². The van der Waals surface area contributed by atoms with Crippen molar-refractivity contribution in [2.75, 3.05) is 24.5 Å². The van der Waals surface area contributed by atoms with Crippen LogP contribution in [0, 0.1) is 5.82 Å². The highest BCUT2D eigenvalue weighted by molar-refractivity contribution is 5.53. The molecular formula is C19H24F2N2O2. The Morgan fingerprint density at radius 3 is 2.68 bits per heavy atom. The van der Waals surface area contributed by atoms with Crippen LogP contribution in [0.3, 0.4) is 0 Å². The van der Waals surface area contributed by atoms with E-state index in [9.17, 15) is 13.9 Å². The largest absolute Gasteiger partial charge is 0.458 e. The second-order valence-corrected chi connectivity index (χ2v) is 6.68. The molecule has 0 bridgehead atoms. The van der Waals surface area contributed by atoms with Crippen LogP contribution in [-0.4, -0.2) is 30.3 Å². The van der Waals surface area contributed by atoms with Crippen LogP contribution in [0.1, 0.15) is 32.1 Å². The van der Waals surface area contributed by atoms with Gasteiger partial charge in [-0.3, -0.25) is 0 Å². The Kier molecular flexibility index (Phi) is 5.39. The normalized spacial score (nSPS) is 20.1. The van der Waals surface area contributed by atoms with E-state index in [1.54, 1.807) is 18.2 Å². The van der Waals surface area contributed by atoms with Gasteiger partial charge in [-0.1, -0.05) is 6.07 Å². The summed E-state index contributed by atoms with van der Waals surface area (Å²) in [6.45, 7) is 1.54. The predicted molar refractivity (Wildman–Crippen MR) is 93.6 cm³/mol. The van der Waals surface area contributed by atoms with Crippen molar-refractivity contribution in [1.29, 1.82) is 0 Å². The molecule has 25 heavy (non-hydrogen) atoms. The number of allylic oxidation sites excluding steroid dienone is 4. The van der Waals surface area contributed by atoms with E-state index < -0.39 is 11.4 Å². The molecule has 2 aliphatic rings. The fourth-order valence-electron chi connectivity index (χ4n) is 3.36. The number of anilines is 1. The molecule has 0 radical (unpaired) electrons. The monoisotopic (exact) mass is 350 g/mol. The molecule has 1 heterocycles. The van der Waals surface area contributed by atoms with E-state index in [1.807, 2.05) is 4.90 Å². The van der Waals surface area contributed by atoms with Crippen molar-refractivity contribution < 1.29 is 18.6 Å². The Bertz CT molecular complexity index is 680. The third kappa shape index (κ3) is 4.19. The molecule has 4 nitrogen and oxygen atoms in total. The SMILES string of the molecule is NCCC1(O)CCN(c2cccc(OC3=CC(F)=CCC3)c2F)CC1. The number of rotatable bonds is 5. The smallest absolute Gasteiger partial charge is 0.188 e. The van der Waals surface area contributed by atoms with Gasteiger partial charge in [-0.2, -0.15) is 0 Å². The third-order valence-corrected chi connectivity index (χ3v) is 4.86. The molecule has 3 N–H and O–H groups in total. The molecule has 1 saturated heterocycles. The molecule has 1 aliphatic carbocycles. The van der Waals surface area contributed by atoms with Gasteiger partial charge in [0.05, 0.1) is 11.3 Å². The van der Waals surface area contributed by atoms with E-state index in [0.717, 1.165) is 0 Å². The van der Waals surface area contributed by atoms with E-state index in [-0.39, 0.29) is 11.6 Å². The Labute approximate surface area is 146 Å². The Morgan fingerprint density at radius 2 is 2.00 bits per heavy atom. The van der Waals surface area contributed by atoms with Crippen LogP contribution < -0.4 is 15.4 Å². The van der Waals surface area contributed by atoms with Crippen LogP contribution in [0.15, 0.2) is 41.9 Å². The number of nitrogens with zero attached hydrogens (tertiary/aromatic N) is 1. The molecule has 0 atom stereocenters. The maximum Gasteiger partial charge on any atom is 0.188 e. The molecule has 3 rings (SSSR count). The van der Waals surface area contributed by atoms with E-state index in [4.69, 9.17) is 10.5 Å². The molecule has 0 amide bonds. The van der Waals surface area contributed by atoms with Crippen molar-refractivity contribution in [3.05, 3.63) is 47.8 Å². The number of ether oxygens (including phenoxy) is 1. The predicted octanol–water partition coefficient (Wildman–Crippen LogP) is 3.42. The summed E-state index contributed by atoms with van der Waals surface area (Å²) < 4.78 is 33.8. The van der Waals surface area contributed by atoms with Gasteiger partial charge in [0.2, 0.25) is 0 Å². The van der Waals surface area contributed by atoms with E-state index >= 15 is 0 Å². The lowest BCUT2D eigenvalue weighted by Crippen LogP contribution is -2.45. The van der Waals surface area contributed by atoms with Crippen LogP contribution in [0.25, 0.3) is 0 Å². The summed E-state index contributed by atoms with van der Waals surface area (Å²) in [6.07, 6.45) is 5.53. The lowest BCUT2D eigenvalue weighted by molar-refractivity contribution is 0.0103. The number of piperidine rings is 1. The molecule has 0 spiro atoms. The highest BCUT2D eigenvalue weighted by atomic mass is 19.1. The molecule has 1 fully saturated rings. The summed E-state index contributed by atoms with van der Waals surface area (Å²) in [4.78, 5) is 1.91. The number of hydrogen-bond donors (Lipinski definition) is 2. The zero-order valence-corrected chi connectivity index (χ0v) is 14.2. The van der Waals surface area contributed by atoms with Crippen LogP contribution in [0.4, 0.5) is 14.5 Å². The zero-order chi connectivity index (χ0) is 17.9. The summed E-state index contributed by atoms with van der Waals surface area (Å²) >= 11 is 0. The van der Waals surface area contributed by atoms with E-state index in [1.165, 1.54) is 12.2 Å². The highest BCUT2D eigenvalue weighted by Crippen LogP contribution is 2.34. The number of nitrogens with two attached hydrogens (primary N) is 1. The lowest BCUT2D eigenvalue weighted by Gasteiger charge is -2.39. The van der Waals surface area contributed by atoms with Gasteiger partial charge in [-0.15, -0.1) is 0 Å². The maximum atomic E-state index is 14.9. The first-order valence-corrected chi connectivity index (χ1v) is 8.71. The minimum Gasteiger partial charge on any atom is -0.458 e. The topological polar surface area (TPSA) is 58.7 Å². The number of halogens is 2. The molecule has 6 heteroatoms. The molecule has 1 aromatic rings. The van der Waals surface area contributed by atoms with Gasteiger partial charge in [0.1, 0.15) is 11.6 Å². The van der Waals surface area contributed by atoms with E-state index in [0.29, 0.717) is 63.2 Å². The molecule has 1 aliphatic heterocycles. The van der Waals surface area contributed by atoms with Crippen LogP contribution >= 0.6 is 0 Å². The van der Waals surface area contributed by atoms with Gasteiger partial charge in [-0.25, -0.2) is 8.78 Å². The average molecular weight is 350 g/mol. The molecule has 0 saturated carbocycles. The minimum atomic E-state index is -0.757. The van der Waals surface area contributed by atoms with Crippen molar-refractivity contribution >= 4 is 5.69 Å². The highest BCUT2D eigenvalue weighted by Gasteiger charge is 2.32. The van der Waals surface area contributed by atoms with Crippen molar-refractivity contribution in [2.24, 2.45) is 5.73 Å². The van der Waals surface area contributed by atoms with Crippen molar-refractivity contribution in [3.8, 4) is 5.75 Å². The minimum absolute atomic E-state index is 0.0984. The van der Waals surface area contributed by atoms with Gasteiger partial charge in [-0.05, 0) is 50.4 Å². The van der Waals surface area contributed by atoms with Crippen molar-refractivity contribution in [1.82, 2.24) is 0 Å². The fraction of sp³-hybridized carbons (Fsp3) is 0.474. The summed E-state index contributed by atoms with van der Waals surface area (Å²) in [5.41, 5.74) is 5.23. The number of aliphatic hydroxyl groups is 1. The molecule has 1 aromatic carbocycles. The zero-order valence-electron chi connectivity index (χ0n) is 14.2. The lowest BCUT2D eigenvalue weighted by atomic mass is 9.88. The summed E-state index contributed by atoms with van der Waals surface area (Å²) in [7, 11) is 0. The van der Waals surface area contributed by atoms with Crippen molar-refractivity contribution in [3.63, 3.8) is 0 Å². The van der Waals surface area contributed by atoms with E-state index in [2.05, 4.69) is 0 Å². The summed E-state index contributed by atoms with van der Waals surface area (Å²) in [5.74, 6) is -0.288. The second kappa shape index (κ2) is 7.54. The van der Waals surface area contributed by atoms with Gasteiger partial charge < -0.3 is 20.5 Å². The Morgan fingerprint density at radius 1 is 1.24 bits per heavy atom. The maximum absolute atomic E-state index is 14.9. The molecule has 136 valence electrons. The Hall–Kier alpha value is -1.92. The van der Waals surface area contributed by atoms with Gasteiger partial charge in [0, 0.05) is 25.6 Å². The van der Waals surface area contributed by atoms with Crippen LogP contribution in [-0.2, 0) is 0 Å². The quantitative estimate of drug-likeness (QED) is 0.854. The standard InChI is InChI=1S/C19H24F2N2O2/c20-14-3-1-4-15(13-14)25-17-6-2-5-16(18(17)21)23-11-8-19(24,7-10-22)9-12-23/h2-3,5-6,13,24H,1,4,7-12,22H2. The second-order valence-electron chi connectivity index (χ2n) is 6.68. The molecular weight excluding hydrogens is 326 g/mol. The summed E-state index contributed by atoms with van der Waals surface area (Å²) in [5, 5.41) is 10.4. The fourth-order valence-corrected chi connectivity index (χ4v) is 3.36. The van der Waals surface area contributed by atoms with Crippen molar-refractivity contribution in [2.45, 2.75) is 37.7 Å². The Balaban J connectivity index is 1.73. The molecule has 0 aromatic heterocycles. The first kappa shape index (κ1) is 17.9. The van der Waals surface area contributed by atoms with Gasteiger partial charge >= 0.3 is 0 Å². The summed E-state index contributed by atoms with van der Waals surface area (Å²) in [6, 6.07) is 4.97. The number of hydrogen-bond acceptors (Lipinski definition) is 4. The molecule has 0 unspecified atom stereocenters. The third-order valence-electron chi connectivity index (χ3n) is 4.86. The first-order valence-electron chi connectivity index (χ1n) is 8.71. The van der Waals surface area contributed by atoms with Gasteiger partial charge in [0.15, 0.2) is 11.6 Å². The van der Waals surface area contributed by atoms with Gasteiger partial charge in [0.25, 0.3) is 0 Å². The first-order chi connectivity index (χ1) is 12.0.